The van der Waals surface area contributed by atoms with E-state index >= 15 is 0 Å². The molecule has 5 rings (SSSR count). The van der Waals surface area contributed by atoms with Crippen LogP contribution in [0, 0.1) is 18.8 Å². The van der Waals surface area contributed by atoms with Crippen molar-refractivity contribution in [3.05, 3.63) is 129 Å². The van der Waals surface area contributed by atoms with Crippen molar-refractivity contribution in [2.45, 2.75) is 33.1 Å². The van der Waals surface area contributed by atoms with Crippen LogP contribution < -0.4 is 5.56 Å². The molecule has 5 heteroatoms. The predicted molar refractivity (Wildman–Crippen MR) is 162 cm³/mol. The maximum absolute atomic E-state index is 13.7. The molecule has 0 saturated heterocycles. The number of nitrogens with zero attached hydrogens (tertiary/aromatic N) is 2. The minimum absolute atomic E-state index is 0.0314. The lowest BCUT2D eigenvalue weighted by atomic mass is 9.87. The third-order valence-corrected chi connectivity index (χ3v) is 6.77. The molecule has 1 aromatic heterocycles. The SMILES string of the molecule is Cc1cc(C#Cc2ccc(C(C)(C)C)cc2)ccc1-n1c(/C=C/c2ccc(O)cc2O)nc2ccccc2c1=O. The predicted octanol–water partition coefficient (Wildman–Crippen LogP) is 6.97. The Bertz CT molecular complexity index is 1880. The highest BCUT2D eigenvalue weighted by Gasteiger charge is 2.14. The zero-order valence-electron chi connectivity index (χ0n) is 22.9. The largest absolute Gasteiger partial charge is 0.508 e. The average Bonchev–Trinajstić information content (AvgIpc) is 2.92. The lowest BCUT2D eigenvalue weighted by Crippen LogP contribution is -2.23. The van der Waals surface area contributed by atoms with E-state index in [1.54, 1.807) is 34.9 Å². The summed E-state index contributed by atoms with van der Waals surface area (Å²) in [6.07, 6.45) is 3.36. The first-order chi connectivity index (χ1) is 19.1. The molecule has 0 atom stereocenters. The summed E-state index contributed by atoms with van der Waals surface area (Å²) in [5.74, 6) is 6.79. The zero-order valence-corrected chi connectivity index (χ0v) is 22.9. The maximum Gasteiger partial charge on any atom is 0.266 e. The molecular formula is C35H30N2O3. The molecule has 40 heavy (non-hydrogen) atoms. The van der Waals surface area contributed by atoms with Crippen molar-refractivity contribution in [2.24, 2.45) is 0 Å². The third-order valence-electron chi connectivity index (χ3n) is 6.77. The van der Waals surface area contributed by atoms with E-state index in [1.165, 1.54) is 17.7 Å². The van der Waals surface area contributed by atoms with Crippen molar-refractivity contribution >= 4 is 23.1 Å². The zero-order chi connectivity index (χ0) is 28.4. The average molecular weight is 527 g/mol. The summed E-state index contributed by atoms with van der Waals surface area (Å²) < 4.78 is 1.58. The van der Waals surface area contributed by atoms with Crippen LogP contribution in [0.15, 0.2) is 89.7 Å². The molecule has 2 N–H and O–H groups in total. The summed E-state index contributed by atoms with van der Waals surface area (Å²) in [6, 6.07) is 25.6. The fourth-order valence-corrected chi connectivity index (χ4v) is 4.51. The number of hydrogen-bond donors (Lipinski definition) is 2. The number of para-hydroxylation sites is 1. The number of benzene rings is 4. The van der Waals surface area contributed by atoms with Gasteiger partial charge in [-0.25, -0.2) is 4.98 Å². The smallest absolute Gasteiger partial charge is 0.266 e. The second-order valence-electron chi connectivity index (χ2n) is 10.8. The number of phenolic OH excluding ortho intramolecular Hbond substituents is 2. The highest BCUT2D eigenvalue weighted by molar-refractivity contribution is 5.80. The van der Waals surface area contributed by atoms with Gasteiger partial charge in [0.1, 0.15) is 17.3 Å². The van der Waals surface area contributed by atoms with Crippen LogP contribution in [0.1, 0.15) is 54.4 Å². The first kappa shape index (κ1) is 26.5. The first-order valence-corrected chi connectivity index (χ1v) is 13.1. The van der Waals surface area contributed by atoms with Crippen LogP contribution >= 0.6 is 0 Å². The van der Waals surface area contributed by atoms with Gasteiger partial charge in [-0.05, 0) is 90.2 Å². The quantitative estimate of drug-likeness (QED) is 0.249. The Labute approximate surface area is 233 Å². The van der Waals surface area contributed by atoms with Gasteiger partial charge in [-0.3, -0.25) is 9.36 Å². The summed E-state index contributed by atoms with van der Waals surface area (Å²) in [4.78, 5) is 18.5. The van der Waals surface area contributed by atoms with Crippen LogP contribution in [-0.4, -0.2) is 19.8 Å². The fourth-order valence-electron chi connectivity index (χ4n) is 4.51. The fraction of sp³-hybridized carbons (Fsp3) is 0.143. The van der Waals surface area contributed by atoms with Gasteiger partial charge in [0.15, 0.2) is 0 Å². The molecule has 0 spiro atoms. The minimum atomic E-state index is -0.193. The molecule has 198 valence electrons. The Morgan fingerprint density at radius 3 is 2.23 bits per heavy atom. The van der Waals surface area contributed by atoms with Gasteiger partial charge in [0.2, 0.25) is 0 Å². The van der Waals surface area contributed by atoms with Gasteiger partial charge in [0.05, 0.1) is 16.6 Å². The Balaban J connectivity index is 1.55. The van der Waals surface area contributed by atoms with Crippen molar-refractivity contribution in [3.8, 4) is 29.0 Å². The normalized spacial score (nSPS) is 11.5. The van der Waals surface area contributed by atoms with Crippen LogP contribution in [0.25, 0.3) is 28.7 Å². The van der Waals surface area contributed by atoms with E-state index in [2.05, 4.69) is 44.7 Å². The van der Waals surface area contributed by atoms with Gasteiger partial charge in [-0.2, -0.15) is 0 Å². The summed E-state index contributed by atoms with van der Waals surface area (Å²) in [5, 5.41) is 20.3. The standard InChI is InChI=1S/C35H30N2O3/c1-23-21-25(10-9-24-11-16-27(17-12-24)35(2,3)4)13-19-31(23)37-33(20-15-26-14-18-28(38)22-32(26)39)36-30-8-6-5-7-29(30)34(37)40/h5-8,11-22,38-39H,1-4H3/b20-15+. The summed E-state index contributed by atoms with van der Waals surface area (Å²) >= 11 is 0. The minimum Gasteiger partial charge on any atom is -0.508 e. The molecule has 5 nitrogen and oxygen atoms in total. The van der Waals surface area contributed by atoms with Crippen molar-refractivity contribution in [2.75, 3.05) is 0 Å². The van der Waals surface area contributed by atoms with Gasteiger partial charge in [-0.1, -0.05) is 56.9 Å². The van der Waals surface area contributed by atoms with Gasteiger partial charge >= 0.3 is 0 Å². The number of aromatic hydroxyl groups is 2. The molecule has 0 fully saturated rings. The van der Waals surface area contributed by atoms with E-state index in [0.717, 1.165) is 16.7 Å². The number of aryl methyl sites for hydroxylation is 1. The molecule has 0 amide bonds. The van der Waals surface area contributed by atoms with E-state index in [0.29, 0.717) is 28.0 Å². The number of rotatable bonds is 3. The molecule has 0 unspecified atom stereocenters. The van der Waals surface area contributed by atoms with E-state index in [-0.39, 0.29) is 22.5 Å². The van der Waals surface area contributed by atoms with Crippen molar-refractivity contribution in [1.82, 2.24) is 9.55 Å². The number of phenols is 2. The first-order valence-electron chi connectivity index (χ1n) is 13.1. The van der Waals surface area contributed by atoms with Crippen molar-refractivity contribution in [1.29, 1.82) is 0 Å². The molecule has 0 radical (unpaired) electrons. The Morgan fingerprint density at radius 2 is 1.52 bits per heavy atom. The van der Waals surface area contributed by atoms with E-state index in [4.69, 9.17) is 4.98 Å². The molecule has 0 aliphatic rings. The highest BCUT2D eigenvalue weighted by atomic mass is 16.3. The van der Waals surface area contributed by atoms with Gasteiger partial charge in [-0.15, -0.1) is 0 Å². The lowest BCUT2D eigenvalue weighted by Gasteiger charge is -2.18. The monoisotopic (exact) mass is 526 g/mol. The van der Waals surface area contributed by atoms with Crippen molar-refractivity contribution < 1.29 is 10.2 Å². The highest BCUT2D eigenvalue weighted by Crippen LogP contribution is 2.25. The molecule has 1 heterocycles. The van der Waals surface area contributed by atoms with Gasteiger partial charge < -0.3 is 10.2 Å². The Hall–Kier alpha value is -5.08. The molecule has 5 aromatic rings. The van der Waals surface area contributed by atoms with Crippen LogP contribution in [0.4, 0.5) is 0 Å². The summed E-state index contributed by atoms with van der Waals surface area (Å²) in [7, 11) is 0. The Morgan fingerprint density at radius 1 is 0.825 bits per heavy atom. The second kappa shape index (κ2) is 10.6. The number of fused-ring (bicyclic) bond motifs is 1. The van der Waals surface area contributed by atoms with Crippen LogP contribution in [0.5, 0.6) is 11.5 Å². The maximum atomic E-state index is 13.7. The number of aromatic nitrogens is 2. The molecule has 0 bridgehead atoms. The summed E-state index contributed by atoms with van der Waals surface area (Å²) in [5.41, 5.74) is 5.57. The van der Waals surface area contributed by atoms with Gasteiger partial charge in [0.25, 0.3) is 5.56 Å². The molecular weight excluding hydrogens is 496 g/mol. The number of hydrogen-bond acceptors (Lipinski definition) is 4. The Kier molecular flexibility index (Phi) is 7.02. The van der Waals surface area contributed by atoms with Crippen LogP contribution in [-0.2, 0) is 5.41 Å². The molecule has 0 aliphatic heterocycles. The topological polar surface area (TPSA) is 75.3 Å². The third kappa shape index (κ3) is 5.52. The van der Waals surface area contributed by atoms with Crippen molar-refractivity contribution in [3.63, 3.8) is 0 Å². The van der Waals surface area contributed by atoms with Crippen LogP contribution in [0.3, 0.4) is 0 Å². The van der Waals surface area contributed by atoms with E-state index in [1.807, 2.05) is 49.4 Å². The molecule has 0 saturated carbocycles. The summed E-state index contributed by atoms with van der Waals surface area (Å²) in [6.45, 7) is 8.51. The van der Waals surface area contributed by atoms with E-state index < -0.39 is 0 Å². The van der Waals surface area contributed by atoms with E-state index in [9.17, 15) is 15.0 Å². The second-order valence-corrected chi connectivity index (χ2v) is 10.8. The molecule has 4 aromatic carbocycles. The van der Waals surface area contributed by atoms with Crippen LogP contribution in [0.2, 0.25) is 0 Å². The van der Waals surface area contributed by atoms with Gasteiger partial charge in [0, 0.05) is 22.8 Å². The molecule has 0 aliphatic carbocycles. The lowest BCUT2D eigenvalue weighted by molar-refractivity contribution is 0.450.